The molecule has 0 aliphatic carbocycles. The van der Waals surface area contributed by atoms with Gasteiger partial charge in [0.1, 0.15) is 17.7 Å². The molecular formula is C16H13ClFN3O2. The van der Waals surface area contributed by atoms with Crippen molar-refractivity contribution in [3.8, 4) is 6.07 Å². The van der Waals surface area contributed by atoms with Gasteiger partial charge in [0.05, 0.1) is 18.1 Å². The number of halogens is 2. The fourth-order valence-corrected chi connectivity index (χ4v) is 2.15. The summed E-state index contributed by atoms with van der Waals surface area (Å²) in [5.74, 6) is -1.08. The lowest BCUT2D eigenvalue weighted by Crippen LogP contribution is -2.23. The van der Waals surface area contributed by atoms with Crippen LogP contribution in [0.5, 0.6) is 0 Å². The Labute approximate surface area is 137 Å². The quantitative estimate of drug-likeness (QED) is 0.851. The Balaban J connectivity index is 2.17. The van der Waals surface area contributed by atoms with Crippen LogP contribution in [0.1, 0.15) is 17.2 Å². The van der Waals surface area contributed by atoms with E-state index in [0.717, 1.165) is 0 Å². The number of anilines is 1. The average molecular weight is 334 g/mol. The summed E-state index contributed by atoms with van der Waals surface area (Å²) in [5, 5.41) is 12.1. The molecule has 0 fully saturated rings. The first-order valence-electron chi connectivity index (χ1n) is 6.69. The SMILES string of the molecule is COC(=O)C(CNc1ccc(Cl)c(C#N)n1)c1ccc(F)cc1. The number of benzene rings is 1. The number of ether oxygens (including phenoxy) is 1. The van der Waals surface area contributed by atoms with Crippen LogP contribution in [0.15, 0.2) is 36.4 Å². The van der Waals surface area contributed by atoms with E-state index in [4.69, 9.17) is 21.6 Å². The van der Waals surface area contributed by atoms with Crippen molar-refractivity contribution in [1.29, 1.82) is 5.26 Å². The highest BCUT2D eigenvalue weighted by Gasteiger charge is 2.21. The zero-order chi connectivity index (χ0) is 16.8. The van der Waals surface area contributed by atoms with Gasteiger partial charge in [0.15, 0.2) is 5.69 Å². The highest BCUT2D eigenvalue weighted by molar-refractivity contribution is 6.31. The number of nitrogens with zero attached hydrogens (tertiary/aromatic N) is 2. The number of nitriles is 1. The first kappa shape index (κ1) is 16.7. The molecule has 2 rings (SSSR count). The van der Waals surface area contributed by atoms with E-state index in [2.05, 4.69) is 10.3 Å². The van der Waals surface area contributed by atoms with Crippen LogP contribution in [0.4, 0.5) is 10.2 Å². The zero-order valence-electron chi connectivity index (χ0n) is 12.2. The first-order valence-corrected chi connectivity index (χ1v) is 7.06. The number of nitrogens with one attached hydrogen (secondary N) is 1. The second kappa shape index (κ2) is 7.56. The maximum absolute atomic E-state index is 13.0. The number of rotatable bonds is 5. The molecule has 1 atom stereocenters. The standard InChI is InChI=1S/C16H13ClFN3O2/c1-23-16(22)12(10-2-4-11(18)5-3-10)9-20-15-7-6-13(17)14(8-19)21-15/h2-7,12H,9H2,1H3,(H,20,21). The van der Waals surface area contributed by atoms with Crippen molar-refractivity contribution in [3.05, 3.63) is 58.5 Å². The molecule has 0 bridgehead atoms. The zero-order valence-corrected chi connectivity index (χ0v) is 13.0. The minimum absolute atomic E-state index is 0.0908. The van der Waals surface area contributed by atoms with Crippen molar-refractivity contribution < 1.29 is 13.9 Å². The van der Waals surface area contributed by atoms with Crippen molar-refractivity contribution in [2.24, 2.45) is 0 Å². The van der Waals surface area contributed by atoms with Gasteiger partial charge in [-0.2, -0.15) is 5.26 Å². The van der Waals surface area contributed by atoms with Gasteiger partial charge in [-0.1, -0.05) is 23.7 Å². The molecule has 7 heteroatoms. The molecule has 0 aliphatic rings. The molecule has 1 aromatic heterocycles. The van der Waals surface area contributed by atoms with E-state index < -0.39 is 11.9 Å². The van der Waals surface area contributed by atoms with Crippen LogP contribution < -0.4 is 5.32 Å². The number of aromatic nitrogens is 1. The summed E-state index contributed by atoms with van der Waals surface area (Å²) in [5.41, 5.74) is 0.702. The number of methoxy groups -OCH3 is 1. The highest BCUT2D eigenvalue weighted by atomic mass is 35.5. The van der Waals surface area contributed by atoms with Crippen molar-refractivity contribution in [3.63, 3.8) is 0 Å². The molecule has 1 heterocycles. The van der Waals surface area contributed by atoms with Crippen LogP contribution in [0.3, 0.4) is 0 Å². The molecule has 23 heavy (non-hydrogen) atoms. The number of esters is 1. The van der Waals surface area contributed by atoms with E-state index in [0.29, 0.717) is 11.4 Å². The average Bonchev–Trinajstić information content (AvgIpc) is 2.57. The third kappa shape index (κ3) is 4.18. The van der Waals surface area contributed by atoms with Gasteiger partial charge in [0.25, 0.3) is 0 Å². The number of carbonyl (C=O) groups excluding carboxylic acids is 1. The van der Waals surface area contributed by atoms with Crippen LogP contribution in [-0.2, 0) is 9.53 Å². The molecule has 1 N–H and O–H groups in total. The van der Waals surface area contributed by atoms with E-state index in [-0.39, 0.29) is 23.1 Å². The Hall–Kier alpha value is -2.65. The van der Waals surface area contributed by atoms with Crippen LogP contribution in [0.25, 0.3) is 0 Å². The van der Waals surface area contributed by atoms with Crippen molar-refractivity contribution >= 4 is 23.4 Å². The maximum Gasteiger partial charge on any atom is 0.314 e. The third-order valence-electron chi connectivity index (χ3n) is 3.20. The molecular weight excluding hydrogens is 321 g/mol. The Morgan fingerprint density at radius 1 is 1.39 bits per heavy atom. The predicted octanol–water partition coefficient (Wildman–Crippen LogP) is 3.11. The van der Waals surface area contributed by atoms with E-state index in [1.165, 1.54) is 31.4 Å². The largest absolute Gasteiger partial charge is 0.468 e. The summed E-state index contributed by atoms with van der Waals surface area (Å²) in [6, 6.07) is 10.6. The van der Waals surface area contributed by atoms with Gasteiger partial charge < -0.3 is 10.1 Å². The topological polar surface area (TPSA) is 75.0 Å². The summed E-state index contributed by atoms with van der Waals surface area (Å²) in [6.07, 6.45) is 0. The van der Waals surface area contributed by atoms with Gasteiger partial charge in [-0.3, -0.25) is 4.79 Å². The normalized spacial score (nSPS) is 11.4. The van der Waals surface area contributed by atoms with E-state index in [9.17, 15) is 9.18 Å². The van der Waals surface area contributed by atoms with Gasteiger partial charge in [0, 0.05) is 6.54 Å². The van der Waals surface area contributed by atoms with Crippen LogP contribution in [0, 0.1) is 17.1 Å². The van der Waals surface area contributed by atoms with E-state index >= 15 is 0 Å². The molecule has 1 aromatic carbocycles. The Morgan fingerprint density at radius 3 is 2.70 bits per heavy atom. The van der Waals surface area contributed by atoms with Crippen LogP contribution in [-0.4, -0.2) is 24.6 Å². The fourth-order valence-electron chi connectivity index (χ4n) is 2.00. The van der Waals surface area contributed by atoms with Gasteiger partial charge in [-0.05, 0) is 29.8 Å². The summed E-state index contributed by atoms with van der Waals surface area (Å²) >= 11 is 5.82. The number of pyridine rings is 1. The summed E-state index contributed by atoms with van der Waals surface area (Å²) < 4.78 is 17.8. The summed E-state index contributed by atoms with van der Waals surface area (Å²) in [4.78, 5) is 16.0. The summed E-state index contributed by atoms with van der Waals surface area (Å²) in [7, 11) is 1.28. The first-order chi connectivity index (χ1) is 11.0. The number of hydrogen-bond donors (Lipinski definition) is 1. The van der Waals surface area contributed by atoms with Crippen LogP contribution in [0.2, 0.25) is 5.02 Å². The minimum Gasteiger partial charge on any atom is -0.468 e. The van der Waals surface area contributed by atoms with Crippen molar-refractivity contribution in [1.82, 2.24) is 4.98 Å². The molecule has 118 valence electrons. The Kier molecular flexibility index (Phi) is 5.50. The second-order valence-corrected chi connectivity index (χ2v) is 5.05. The summed E-state index contributed by atoms with van der Waals surface area (Å²) in [6.45, 7) is 0.178. The van der Waals surface area contributed by atoms with Crippen molar-refractivity contribution in [2.45, 2.75) is 5.92 Å². The minimum atomic E-state index is -0.636. The molecule has 0 saturated carbocycles. The molecule has 0 spiro atoms. The molecule has 1 unspecified atom stereocenters. The van der Waals surface area contributed by atoms with Gasteiger partial charge in [-0.15, -0.1) is 0 Å². The van der Waals surface area contributed by atoms with E-state index in [1.807, 2.05) is 6.07 Å². The highest BCUT2D eigenvalue weighted by Crippen LogP contribution is 2.20. The lowest BCUT2D eigenvalue weighted by atomic mass is 9.99. The molecule has 2 aromatic rings. The lowest BCUT2D eigenvalue weighted by Gasteiger charge is -2.16. The molecule has 5 nitrogen and oxygen atoms in total. The Bertz CT molecular complexity index is 744. The second-order valence-electron chi connectivity index (χ2n) is 4.65. The molecule has 0 aliphatic heterocycles. The lowest BCUT2D eigenvalue weighted by molar-refractivity contribution is -0.142. The van der Waals surface area contributed by atoms with Crippen molar-refractivity contribution in [2.75, 3.05) is 19.0 Å². The fraction of sp³-hybridized carbons (Fsp3) is 0.188. The van der Waals surface area contributed by atoms with Crippen LogP contribution >= 0.6 is 11.6 Å². The maximum atomic E-state index is 13.0. The smallest absolute Gasteiger partial charge is 0.314 e. The third-order valence-corrected chi connectivity index (χ3v) is 3.50. The predicted molar refractivity (Wildman–Crippen MR) is 83.6 cm³/mol. The molecule has 0 amide bonds. The number of carbonyl (C=O) groups is 1. The number of hydrogen-bond acceptors (Lipinski definition) is 5. The monoisotopic (exact) mass is 333 g/mol. The molecule has 0 radical (unpaired) electrons. The van der Waals surface area contributed by atoms with Gasteiger partial charge in [0.2, 0.25) is 0 Å². The Morgan fingerprint density at radius 2 is 2.09 bits per heavy atom. The van der Waals surface area contributed by atoms with Gasteiger partial charge in [-0.25, -0.2) is 9.37 Å². The van der Waals surface area contributed by atoms with E-state index in [1.54, 1.807) is 12.1 Å². The van der Waals surface area contributed by atoms with Gasteiger partial charge >= 0.3 is 5.97 Å². The molecule has 0 saturated heterocycles.